The van der Waals surface area contributed by atoms with Gasteiger partial charge >= 0.3 is 0 Å². The summed E-state index contributed by atoms with van der Waals surface area (Å²) in [7, 11) is 1.89. The highest BCUT2D eigenvalue weighted by atomic mass is 32.1. The molecule has 1 aromatic rings. The SMILES string of the molecule is CCC(=O)c1sc(NC)c(C2CC2)c1N. The fraction of sp³-hybridized carbons (Fsp3) is 0.545. The van der Waals surface area contributed by atoms with Crippen LogP contribution in [0.3, 0.4) is 0 Å². The molecule has 0 atom stereocenters. The molecule has 1 saturated carbocycles. The zero-order valence-corrected chi connectivity index (χ0v) is 9.91. The second kappa shape index (κ2) is 3.85. The first-order chi connectivity index (χ1) is 7.19. The van der Waals surface area contributed by atoms with E-state index in [1.165, 1.54) is 29.7 Å². The van der Waals surface area contributed by atoms with Crippen LogP contribution < -0.4 is 11.1 Å². The highest BCUT2D eigenvalue weighted by Crippen LogP contribution is 2.50. The Morgan fingerprint density at radius 3 is 2.73 bits per heavy atom. The first-order valence-corrected chi connectivity index (χ1v) is 6.13. The molecule has 0 unspecified atom stereocenters. The van der Waals surface area contributed by atoms with Crippen molar-refractivity contribution < 1.29 is 4.79 Å². The number of rotatable bonds is 4. The summed E-state index contributed by atoms with van der Waals surface area (Å²) >= 11 is 1.50. The Morgan fingerprint density at radius 1 is 1.60 bits per heavy atom. The normalized spacial score (nSPS) is 15.3. The Morgan fingerprint density at radius 2 is 2.27 bits per heavy atom. The van der Waals surface area contributed by atoms with Crippen molar-refractivity contribution in [3.8, 4) is 0 Å². The molecule has 1 aliphatic carbocycles. The topological polar surface area (TPSA) is 55.1 Å². The maximum absolute atomic E-state index is 11.7. The van der Waals surface area contributed by atoms with Crippen molar-refractivity contribution in [1.29, 1.82) is 0 Å². The average molecular weight is 224 g/mol. The van der Waals surface area contributed by atoms with Crippen LogP contribution in [-0.4, -0.2) is 12.8 Å². The van der Waals surface area contributed by atoms with E-state index >= 15 is 0 Å². The Hall–Kier alpha value is -1.03. The van der Waals surface area contributed by atoms with Crippen LogP contribution in [0.5, 0.6) is 0 Å². The molecule has 0 bridgehead atoms. The second-order valence-corrected chi connectivity index (χ2v) is 4.91. The Labute approximate surface area is 93.7 Å². The van der Waals surface area contributed by atoms with Gasteiger partial charge in [-0.1, -0.05) is 6.92 Å². The average Bonchev–Trinajstić information content (AvgIpc) is 3.02. The molecule has 0 amide bonds. The summed E-state index contributed by atoms with van der Waals surface area (Å²) in [5.74, 6) is 0.739. The number of hydrogen-bond acceptors (Lipinski definition) is 4. The first-order valence-electron chi connectivity index (χ1n) is 5.32. The lowest BCUT2D eigenvalue weighted by molar-refractivity contribution is 0.0993. The number of carbonyl (C=O) groups excluding carboxylic acids is 1. The minimum absolute atomic E-state index is 0.154. The van der Waals surface area contributed by atoms with Gasteiger partial charge in [0.2, 0.25) is 0 Å². The minimum Gasteiger partial charge on any atom is -0.397 e. The standard InChI is InChI=1S/C11H16N2OS/c1-3-7(14)10-9(12)8(6-4-5-6)11(13-2)15-10/h6,13H,3-5,12H2,1-2H3. The number of ketones is 1. The summed E-state index contributed by atoms with van der Waals surface area (Å²) in [5, 5.41) is 4.22. The van der Waals surface area contributed by atoms with Crippen molar-refractivity contribution in [2.75, 3.05) is 18.1 Å². The summed E-state index contributed by atoms with van der Waals surface area (Å²) in [6, 6.07) is 0. The number of Topliss-reactive ketones (excluding diaryl/α,β-unsaturated/α-hetero) is 1. The number of carbonyl (C=O) groups is 1. The lowest BCUT2D eigenvalue weighted by Crippen LogP contribution is -1.99. The molecule has 1 aliphatic rings. The zero-order valence-electron chi connectivity index (χ0n) is 9.09. The quantitative estimate of drug-likeness (QED) is 0.773. The van der Waals surface area contributed by atoms with E-state index in [1.807, 2.05) is 14.0 Å². The number of nitrogen functional groups attached to an aromatic ring is 1. The van der Waals surface area contributed by atoms with Crippen LogP contribution in [-0.2, 0) is 0 Å². The number of hydrogen-bond donors (Lipinski definition) is 2. The fourth-order valence-corrected chi connectivity index (χ4v) is 2.96. The van der Waals surface area contributed by atoms with Crippen molar-refractivity contribution in [3.63, 3.8) is 0 Å². The molecule has 3 N–H and O–H groups in total. The molecule has 0 radical (unpaired) electrons. The third-order valence-corrected chi connectivity index (χ3v) is 4.05. The lowest BCUT2D eigenvalue weighted by Gasteiger charge is -2.01. The number of thiophene rings is 1. The molecule has 1 aromatic heterocycles. The predicted molar refractivity (Wildman–Crippen MR) is 64.9 cm³/mol. The van der Waals surface area contributed by atoms with Crippen molar-refractivity contribution in [2.24, 2.45) is 0 Å². The predicted octanol–water partition coefficient (Wildman–Crippen LogP) is 2.84. The van der Waals surface area contributed by atoms with E-state index in [1.54, 1.807) is 0 Å². The maximum atomic E-state index is 11.7. The highest BCUT2D eigenvalue weighted by Gasteiger charge is 2.32. The van der Waals surface area contributed by atoms with Crippen LogP contribution in [0.2, 0.25) is 0 Å². The van der Waals surface area contributed by atoms with Gasteiger partial charge in [0.05, 0.1) is 15.6 Å². The summed E-state index contributed by atoms with van der Waals surface area (Å²) in [6.07, 6.45) is 2.93. The largest absolute Gasteiger partial charge is 0.397 e. The Bertz CT molecular complexity index is 394. The Kier molecular flexibility index (Phi) is 2.69. The van der Waals surface area contributed by atoms with E-state index in [0.717, 1.165) is 15.6 Å². The van der Waals surface area contributed by atoms with Crippen LogP contribution in [0.25, 0.3) is 0 Å². The summed E-state index contributed by atoms with van der Waals surface area (Å²) in [6.45, 7) is 1.87. The summed E-state index contributed by atoms with van der Waals surface area (Å²) in [4.78, 5) is 12.4. The lowest BCUT2D eigenvalue weighted by atomic mass is 10.1. The van der Waals surface area contributed by atoms with Gasteiger partial charge in [0, 0.05) is 19.0 Å². The molecule has 2 rings (SSSR count). The molecule has 1 fully saturated rings. The monoisotopic (exact) mass is 224 g/mol. The van der Waals surface area contributed by atoms with Gasteiger partial charge in [-0.25, -0.2) is 0 Å². The first kappa shape index (κ1) is 10.5. The van der Waals surface area contributed by atoms with Crippen molar-refractivity contribution in [3.05, 3.63) is 10.4 Å². The van der Waals surface area contributed by atoms with Gasteiger partial charge in [-0.3, -0.25) is 4.79 Å². The molecular formula is C11H16N2OS. The van der Waals surface area contributed by atoms with Gasteiger partial charge in [0.25, 0.3) is 0 Å². The van der Waals surface area contributed by atoms with E-state index in [0.29, 0.717) is 12.3 Å². The third kappa shape index (κ3) is 1.74. The third-order valence-electron chi connectivity index (χ3n) is 2.77. The maximum Gasteiger partial charge on any atom is 0.174 e. The summed E-state index contributed by atoms with van der Waals surface area (Å²) in [5.41, 5.74) is 7.95. The van der Waals surface area contributed by atoms with Crippen molar-refractivity contribution >= 4 is 27.8 Å². The van der Waals surface area contributed by atoms with Crippen LogP contribution in [0.4, 0.5) is 10.7 Å². The van der Waals surface area contributed by atoms with Crippen LogP contribution in [0.1, 0.15) is 47.3 Å². The van der Waals surface area contributed by atoms with Gasteiger partial charge < -0.3 is 11.1 Å². The molecule has 3 nitrogen and oxygen atoms in total. The summed E-state index contributed by atoms with van der Waals surface area (Å²) < 4.78 is 0. The van der Waals surface area contributed by atoms with E-state index in [2.05, 4.69) is 5.32 Å². The molecular weight excluding hydrogens is 208 g/mol. The van der Waals surface area contributed by atoms with Crippen LogP contribution in [0, 0.1) is 0 Å². The molecule has 0 aliphatic heterocycles. The van der Waals surface area contributed by atoms with E-state index in [-0.39, 0.29) is 5.78 Å². The fourth-order valence-electron chi connectivity index (χ4n) is 1.79. The van der Waals surface area contributed by atoms with Crippen LogP contribution >= 0.6 is 11.3 Å². The van der Waals surface area contributed by atoms with E-state index < -0.39 is 0 Å². The van der Waals surface area contributed by atoms with Gasteiger partial charge in [-0.05, 0) is 18.8 Å². The highest BCUT2D eigenvalue weighted by molar-refractivity contribution is 7.18. The van der Waals surface area contributed by atoms with Crippen molar-refractivity contribution in [1.82, 2.24) is 0 Å². The van der Waals surface area contributed by atoms with E-state index in [9.17, 15) is 4.79 Å². The van der Waals surface area contributed by atoms with Gasteiger partial charge in [0.1, 0.15) is 0 Å². The molecule has 0 spiro atoms. The second-order valence-electron chi connectivity index (χ2n) is 3.89. The van der Waals surface area contributed by atoms with Crippen molar-refractivity contribution in [2.45, 2.75) is 32.1 Å². The molecule has 4 heteroatoms. The number of anilines is 2. The van der Waals surface area contributed by atoms with Crippen LogP contribution in [0.15, 0.2) is 0 Å². The zero-order chi connectivity index (χ0) is 11.0. The van der Waals surface area contributed by atoms with E-state index in [4.69, 9.17) is 5.73 Å². The minimum atomic E-state index is 0.154. The van der Waals surface area contributed by atoms with Gasteiger partial charge in [-0.2, -0.15) is 0 Å². The molecule has 82 valence electrons. The van der Waals surface area contributed by atoms with Gasteiger partial charge in [0.15, 0.2) is 5.78 Å². The Balaban J connectivity index is 2.44. The smallest absolute Gasteiger partial charge is 0.174 e. The molecule has 0 aromatic carbocycles. The number of nitrogens with one attached hydrogen (secondary N) is 1. The molecule has 1 heterocycles. The molecule has 15 heavy (non-hydrogen) atoms. The molecule has 0 saturated heterocycles. The van der Waals surface area contributed by atoms with Gasteiger partial charge in [-0.15, -0.1) is 11.3 Å². The number of nitrogens with two attached hydrogens (primary N) is 1.